The number of pyridine rings is 1. The Morgan fingerprint density at radius 1 is 1.15 bits per heavy atom. The zero-order valence-corrected chi connectivity index (χ0v) is 19.5. The van der Waals surface area contributed by atoms with Crippen LogP contribution in [0.4, 0.5) is 5.69 Å². The highest BCUT2D eigenvalue weighted by atomic mass is 32.2. The maximum Gasteiger partial charge on any atom is 0.326 e. The van der Waals surface area contributed by atoms with E-state index >= 15 is 0 Å². The molecule has 2 aliphatic rings. The quantitative estimate of drug-likeness (QED) is 0.672. The Kier molecular flexibility index (Phi) is 6.87. The molecule has 178 valence electrons. The number of hydrogen-bond acceptors (Lipinski definition) is 7. The van der Waals surface area contributed by atoms with Crippen LogP contribution in [0.5, 0.6) is 17.4 Å². The van der Waals surface area contributed by atoms with E-state index in [0.717, 1.165) is 9.88 Å². The lowest BCUT2D eigenvalue weighted by atomic mass is 10.1. The minimum atomic E-state index is -3.83. The van der Waals surface area contributed by atoms with E-state index in [1.165, 1.54) is 0 Å². The Balaban J connectivity index is 1.36. The van der Waals surface area contributed by atoms with E-state index in [4.69, 9.17) is 14.2 Å². The Labute approximate surface area is 198 Å². The first kappa shape index (κ1) is 23.4. The number of hydrogen-bond donors (Lipinski definition) is 1. The zero-order valence-electron chi connectivity index (χ0n) is 18.6. The highest BCUT2D eigenvalue weighted by Crippen LogP contribution is 2.27. The third-order valence-electron chi connectivity index (χ3n) is 5.29. The van der Waals surface area contributed by atoms with Crippen molar-refractivity contribution in [3.63, 3.8) is 0 Å². The van der Waals surface area contributed by atoms with Crippen LogP contribution in [0.2, 0.25) is 0 Å². The van der Waals surface area contributed by atoms with E-state index < -0.39 is 16.1 Å². The summed E-state index contributed by atoms with van der Waals surface area (Å²) in [6, 6.07) is 10.1. The van der Waals surface area contributed by atoms with Gasteiger partial charge < -0.3 is 14.2 Å². The van der Waals surface area contributed by atoms with Gasteiger partial charge in [-0.05, 0) is 54.8 Å². The van der Waals surface area contributed by atoms with Crippen molar-refractivity contribution >= 4 is 21.8 Å². The monoisotopic (exact) mass is 483 g/mol. The Morgan fingerprint density at radius 3 is 2.56 bits per heavy atom. The molecule has 1 amide bonds. The normalized spacial score (nSPS) is 22.4. The van der Waals surface area contributed by atoms with Crippen molar-refractivity contribution in [3.05, 3.63) is 78.7 Å². The second-order valence-electron chi connectivity index (χ2n) is 7.75. The molecule has 9 nitrogen and oxygen atoms in total. The lowest BCUT2D eigenvalue weighted by molar-refractivity contribution is -0.117. The lowest BCUT2D eigenvalue weighted by Crippen LogP contribution is -2.29. The molecular formula is C24H25N3O6S. The molecule has 0 radical (unpaired) electrons. The van der Waals surface area contributed by atoms with Crippen molar-refractivity contribution in [2.45, 2.75) is 25.4 Å². The molecule has 1 N–H and O–H groups in total. The SMILES string of the molecule is C=C1CC[C@@H](Oc2ccc(N3CC(=O)NS3(=O)=O)cc2)C/C=C\C=C/1Oc1ccc(OC)nc1. The van der Waals surface area contributed by atoms with Gasteiger partial charge in [0.15, 0.2) is 0 Å². The second kappa shape index (κ2) is 10.0. The predicted molar refractivity (Wildman–Crippen MR) is 127 cm³/mol. The standard InChI is InChI=1S/C24H25N3O6S/c1-17-7-10-19(5-3-4-6-22(17)33-21-13-14-24(31-2)25-15-21)32-20-11-8-18(9-12-20)27-16-23(28)26-34(27,29)30/h3-4,6,8-9,11-15,19H,1,5,7,10,16H2,2H3,(H,26,28)/b4-3-,22-6+/t19-/m0/s1. The van der Waals surface area contributed by atoms with Crippen LogP contribution in [0.25, 0.3) is 0 Å². The van der Waals surface area contributed by atoms with Crippen LogP contribution in [0.3, 0.4) is 0 Å². The molecule has 1 aromatic heterocycles. The number of ether oxygens (including phenoxy) is 3. The number of rotatable bonds is 6. The molecule has 34 heavy (non-hydrogen) atoms. The minimum absolute atomic E-state index is 0.104. The molecule has 1 aromatic carbocycles. The number of aromatic nitrogens is 1. The highest BCUT2D eigenvalue weighted by Gasteiger charge is 2.33. The number of methoxy groups -OCH3 is 1. The van der Waals surface area contributed by atoms with Gasteiger partial charge in [0, 0.05) is 12.5 Å². The predicted octanol–water partition coefficient (Wildman–Crippen LogP) is 3.28. The van der Waals surface area contributed by atoms with Crippen LogP contribution in [0, 0.1) is 0 Å². The molecule has 0 spiro atoms. The zero-order chi connectivity index (χ0) is 24.1. The summed E-state index contributed by atoms with van der Waals surface area (Å²) in [5.41, 5.74) is 1.23. The molecule has 2 aromatic rings. The molecule has 1 fully saturated rings. The third-order valence-corrected chi connectivity index (χ3v) is 6.70. The molecule has 1 saturated heterocycles. The van der Waals surface area contributed by atoms with Crippen molar-refractivity contribution in [1.82, 2.24) is 9.71 Å². The number of amides is 1. The van der Waals surface area contributed by atoms with Crippen LogP contribution in [-0.4, -0.2) is 39.1 Å². The van der Waals surface area contributed by atoms with Gasteiger partial charge in [-0.2, -0.15) is 8.42 Å². The van der Waals surface area contributed by atoms with Crippen LogP contribution in [-0.2, 0) is 15.0 Å². The average molecular weight is 484 g/mol. The van der Waals surface area contributed by atoms with Crippen LogP contribution < -0.4 is 23.2 Å². The average Bonchev–Trinajstić information content (AvgIpc) is 3.14. The van der Waals surface area contributed by atoms with Crippen molar-refractivity contribution in [2.24, 2.45) is 0 Å². The molecule has 0 unspecified atom stereocenters. The summed E-state index contributed by atoms with van der Waals surface area (Å²) in [4.78, 5) is 15.6. The van der Waals surface area contributed by atoms with Gasteiger partial charge >= 0.3 is 10.2 Å². The minimum Gasteiger partial charge on any atom is -0.490 e. The molecule has 1 aliphatic heterocycles. The molecular weight excluding hydrogens is 458 g/mol. The fraction of sp³-hybridized carbons (Fsp3) is 0.250. The van der Waals surface area contributed by atoms with Gasteiger partial charge in [-0.1, -0.05) is 18.7 Å². The molecule has 4 rings (SSSR count). The fourth-order valence-electron chi connectivity index (χ4n) is 3.53. The summed E-state index contributed by atoms with van der Waals surface area (Å²) < 4.78 is 44.2. The molecule has 1 aliphatic carbocycles. The number of anilines is 1. The third kappa shape index (κ3) is 5.57. The molecule has 2 heterocycles. The number of carbonyl (C=O) groups excluding carboxylic acids is 1. The van der Waals surface area contributed by atoms with Crippen LogP contribution in [0.15, 0.2) is 78.7 Å². The molecule has 0 bridgehead atoms. The van der Waals surface area contributed by atoms with E-state index in [1.54, 1.807) is 49.7 Å². The van der Waals surface area contributed by atoms with Gasteiger partial charge in [-0.25, -0.2) is 14.0 Å². The summed E-state index contributed by atoms with van der Waals surface area (Å²) in [5.74, 6) is 1.80. The largest absolute Gasteiger partial charge is 0.490 e. The first-order valence-corrected chi connectivity index (χ1v) is 12.1. The summed E-state index contributed by atoms with van der Waals surface area (Å²) in [7, 11) is -2.28. The summed E-state index contributed by atoms with van der Waals surface area (Å²) in [6.45, 7) is 3.93. The van der Waals surface area contributed by atoms with Crippen LogP contribution in [0.1, 0.15) is 19.3 Å². The number of allylic oxidation sites excluding steroid dienone is 3. The number of carbonyl (C=O) groups is 1. The van der Waals surface area contributed by atoms with Gasteiger partial charge in [0.25, 0.3) is 5.91 Å². The summed E-state index contributed by atoms with van der Waals surface area (Å²) in [6.07, 6.45) is 9.33. The number of nitrogens with one attached hydrogen (secondary N) is 1. The van der Waals surface area contributed by atoms with Crippen molar-refractivity contribution < 1.29 is 27.4 Å². The van der Waals surface area contributed by atoms with Gasteiger partial charge in [0.05, 0.1) is 19.0 Å². The Morgan fingerprint density at radius 2 is 1.91 bits per heavy atom. The summed E-state index contributed by atoms with van der Waals surface area (Å²) in [5, 5.41) is 0. The number of benzene rings is 1. The van der Waals surface area contributed by atoms with E-state index in [2.05, 4.69) is 11.6 Å². The topological polar surface area (TPSA) is 107 Å². The van der Waals surface area contributed by atoms with E-state index in [1.807, 2.05) is 23.0 Å². The molecule has 0 saturated carbocycles. The van der Waals surface area contributed by atoms with Crippen LogP contribution >= 0.6 is 0 Å². The van der Waals surface area contributed by atoms with Gasteiger partial charge in [0.2, 0.25) is 5.88 Å². The second-order valence-corrected chi connectivity index (χ2v) is 9.34. The lowest BCUT2D eigenvalue weighted by Gasteiger charge is -2.20. The van der Waals surface area contributed by atoms with Crippen molar-refractivity contribution in [2.75, 3.05) is 18.0 Å². The maximum absolute atomic E-state index is 12.0. The number of nitrogens with zero attached hydrogens (tertiary/aromatic N) is 2. The van der Waals surface area contributed by atoms with E-state index in [0.29, 0.717) is 48.1 Å². The first-order chi connectivity index (χ1) is 16.3. The smallest absolute Gasteiger partial charge is 0.326 e. The van der Waals surface area contributed by atoms with Crippen molar-refractivity contribution in [3.8, 4) is 17.4 Å². The maximum atomic E-state index is 12.0. The van der Waals surface area contributed by atoms with Crippen molar-refractivity contribution in [1.29, 1.82) is 0 Å². The van der Waals surface area contributed by atoms with Gasteiger partial charge in [0.1, 0.15) is 29.9 Å². The fourth-order valence-corrected chi connectivity index (χ4v) is 4.68. The van der Waals surface area contributed by atoms with E-state index in [-0.39, 0.29) is 12.6 Å². The molecule has 1 atom stereocenters. The summed E-state index contributed by atoms with van der Waals surface area (Å²) >= 11 is 0. The Bertz CT molecular complexity index is 1220. The Hall–Kier alpha value is -3.79. The van der Waals surface area contributed by atoms with Gasteiger partial charge in [-0.15, -0.1) is 0 Å². The first-order valence-electron chi connectivity index (χ1n) is 10.7. The highest BCUT2D eigenvalue weighted by molar-refractivity contribution is 7.92. The van der Waals surface area contributed by atoms with E-state index in [9.17, 15) is 13.2 Å². The van der Waals surface area contributed by atoms with Gasteiger partial charge in [-0.3, -0.25) is 4.79 Å². The molecule has 10 heteroatoms.